The number of nitrogens with zero attached hydrogens (tertiary/aromatic N) is 2. The van der Waals surface area contributed by atoms with Gasteiger partial charge in [-0.15, -0.1) is 0 Å². The third-order valence-electron chi connectivity index (χ3n) is 4.82. The van der Waals surface area contributed by atoms with Crippen molar-refractivity contribution < 1.29 is 9.53 Å². The van der Waals surface area contributed by atoms with Crippen LogP contribution in [-0.4, -0.2) is 60.1 Å². The van der Waals surface area contributed by atoms with E-state index in [0.29, 0.717) is 28.8 Å². The maximum atomic E-state index is 12.6. The van der Waals surface area contributed by atoms with Crippen LogP contribution in [0, 0.1) is 0 Å². The van der Waals surface area contributed by atoms with Crippen molar-refractivity contribution in [2.45, 2.75) is 44.9 Å². The number of amides is 1. The van der Waals surface area contributed by atoms with Gasteiger partial charge in [0.2, 0.25) is 0 Å². The molecule has 126 valence electrons. The minimum absolute atomic E-state index is 0.0535. The first-order valence-corrected chi connectivity index (χ1v) is 8.85. The van der Waals surface area contributed by atoms with Gasteiger partial charge in [0.25, 0.3) is 5.91 Å². The third kappa shape index (κ3) is 3.87. The first kappa shape index (κ1) is 16.7. The summed E-state index contributed by atoms with van der Waals surface area (Å²) in [6, 6.07) is 7.85. The highest BCUT2D eigenvalue weighted by atomic mass is 35.5. The number of hydrogen-bond donors (Lipinski definition) is 0. The highest BCUT2D eigenvalue weighted by molar-refractivity contribution is 6.33. The predicted molar refractivity (Wildman–Crippen MR) is 92.0 cm³/mol. The van der Waals surface area contributed by atoms with Crippen LogP contribution in [0.4, 0.5) is 0 Å². The zero-order valence-electron chi connectivity index (χ0n) is 13.9. The van der Waals surface area contributed by atoms with Gasteiger partial charge in [0.05, 0.1) is 22.8 Å². The molecule has 4 nitrogen and oxygen atoms in total. The van der Waals surface area contributed by atoms with Gasteiger partial charge in [-0.1, -0.05) is 23.7 Å². The van der Waals surface area contributed by atoms with Crippen LogP contribution < -0.4 is 0 Å². The average Bonchev–Trinajstić information content (AvgIpc) is 2.54. The lowest BCUT2D eigenvalue weighted by atomic mass is 10.0. The zero-order valence-corrected chi connectivity index (χ0v) is 14.6. The lowest BCUT2D eigenvalue weighted by Gasteiger charge is -2.43. The molecule has 23 heavy (non-hydrogen) atoms. The van der Waals surface area contributed by atoms with E-state index < -0.39 is 0 Å². The van der Waals surface area contributed by atoms with Crippen LogP contribution in [-0.2, 0) is 4.74 Å². The molecular formula is C18H25ClN2O2. The number of carbonyl (C=O) groups excluding carboxylic acids is 1. The van der Waals surface area contributed by atoms with Crippen molar-refractivity contribution in [1.29, 1.82) is 0 Å². The first-order valence-electron chi connectivity index (χ1n) is 8.48. The lowest BCUT2D eigenvalue weighted by Crippen LogP contribution is -2.53. The second kappa shape index (κ2) is 7.20. The summed E-state index contributed by atoms with van der Waals surface area (Å²) in [6.45, 7) is 7.86. The second-order valence-electron chi connectivity index (χ2n) is 6.71. The second-order valence-corrected chi connectivity index (χ2v) is 7.12. The van der Waals surface area contributed by atoms with Crippen molar-refractivity contribution in [1.82, 2.24) is 9.80 Å². The summed E-state index contributed by atoms with van der Waals surface area (Å²) in [5, 5.41) is 0.537. The van der Waals surface area contributed by atoms with Crippen LogP contribution in [0.1, 0.15) is 37.0 Å². The maximum absolute atomic E-state index is 12.6. The molecule has 0 spiro atoms. The molecular weight excluding hydrogens is 312 g/mol. The van der Waals surface area contributed by atoms with Gasteiger partial charge in [0.15, 0.2) is 0 Å². The van der Waals surface area contributed by atoms with Crippen LogP contribution in [0.2, 0.25) is 5.02 Å². The maximum Gasteiger partial charge on any atom is 0.255 e. The van der Waals surface area contributed by atoms with Crippen molar-refractivity contribution >= 4 is 17.5 Å². The fourth-order valence-corrected chi connectivity index (χ4v) is 3.97. The normalized spacial score (nSPS) is 27.2. The van der Waals surface area contributed by atoms with Crippen molar-refractivity contribution in [3.63, 3.8) is 0 Å². The first-order chi connectivity index (χ1) is 11.0. The van der Waals surface area contributed by atoms with Gasteiger partial charge < -0.3 is 9.64 Å². The van der Waals surface area contributed by atoms with Crippen LogP contribution in [0.3, 0.4) is 0 Å². The Hall–Kier alpha value is -1.10. The largest absolute Gasteiger partial charge is 0.373 e. The Labute approximate surface area is 143 Å². The molecule has 0 radical (unpaired) electrons. The van der Waals surface area contributed by atoms with Crippen molar-refractivity contribution in [2.24, 2.45) is 0 Å². The van der Waals surface area contributed by atoms with E-state index in [4.69, 9.17) is 16.3 Å². The van der Waals surface area contributed by atoms with Gasteiger partial charge in [-0.25, -0.2) is 0 Å². The predicted octanol–water partition coefficient (Wildman–Crippen LogP) is 3.05. The van der Waals surface area contributed by atoms with Gasteiger partial charge in [0.1, 0.15) is 0 Å². The number of hydrogen-bond acceptors (Lipinski definition) is 3. The summed E-state index contributed by atoms with van der Waals surface area (Å²) >= 11 is 6.15. The molecule has 2 aliphatic heterocycles. The Morgan fingerprint density at radius 2 is 1.74 bits per heavy atom. The highest BCUT2D eigenvalue weighted by Crippen LogP contribution is 2.24. The van der Waals surface area contributed by atoms with Crippen LogP contribution >= 0.6 is 11.6 Å². The Balaban J connectivity index is 1.58. The van der Waals surface area contributed by atoms with Crippen molar-refractivity contribution in [3.05, 3.63) is 34.9 Å². The Morgan fingerprint density at radius 3 is 2.35 bits per heavy atom. The molecule has 0 unspecified atom stereocenters. The Kier molecular flexibility index (Phi) is 5.24. The molecule has 2 aliphatic rings. The number of piperidine rings is 1. The number of likely N-dealkylation sites (tertiary alicyclic amines) is 1. The zero-order chi connectivity index (χ0) is 16.4. The smallest absolute Gasteiger partial charge is 0.255 e. The van der Waals surface area contributed by atoms with Gasteiger partial charge in [-0.05, 0) is 38.8 Å². The van der Waals surface area contributed by atoms with Crippen molar-refractivity contribution in [2.75, 3.05) is 26.2 Å². The number of rotatable bonds is 2. The molecule has 1 aromatic carbocycles. The Morgan fingerprint density at radius 1 is 1.13 bits per heavy atom. The van der Waals surface area contributed by atoms with Gasteiger partial charge >= 0.3 is 0 Å². The van der Waals surface area contributed by atoms with Crippen LogP contribution in [0.15, 0.2) is 24.3 Å². The number of morpholine rings is 1. The monoisotopic (exact) mass is 336 g/mol. The minimum Gasteiger partial charge on any atom is -0.373 e. The molecule has 5 heteroatoms. The van der Waals surface area contributed by atoms with Gasteiger partial charge in [-0.2, -0.15) is 0 Å². The topological polar surface area (TPSA) is 32.8 Å². The molecule has 2 heterocycles. The third-order valence-corrected chi connectivity index (χ3v) is 5.15. The molecule has 1 amide bonds. The molecule has 2 atom stereocenters. The van der Waals surface area contributed by atoms with E-state index in [-0.39, 0.29) is 5.91 Å². The van der Waals surface area contributed by atoms with E-state index in [0.717, 1.165) is 39.0 Å². The molecule has 2 saturated heterocycles. The summed E-state index contributed by atoms with van der Waals surface area (Å²) in [6.07, 6.45) is 2.63. The fourth-order valence-electron chi connectivity index (χ4n) is 3.75. The van der Waals surface area contributed by atoms with Crippen LogP contribution in [0.25, 0.3) is 0 Å². The van der Waals surface area contributed by atoms with E-state index in [2.05, 4.69) is 18.7 Å². The Bertz CT molecular complexity index is 548. The molecule has 0 bridgehead atoms. The van der Waals surface area contributed by atoms with E-state index in [9.17, 15) is 4.79 Å². The van der Waals surface area contributed by atoms with Gasteiger partial charge in [-0.3, -0.25) is 9.69 Å². The fraction of sp³-hybridized carbons (Fsp3) is 0.611. The molecule has 1 aromatic rings. The molecule has 2 fully saturated rings. The summed E-state index contributed by atoms with van der Waals surface area (Å²) in [5.41, 5.74) is 0.612. The highest BCUT2D eigenvalue weighted by Gasteiger charge is 2.32. The van der Waals surface area contributed by atoms with E-state index in [1.807, 2.05) is 23.1 Å². The van der Waals surface area contributed by atoms with Crippen molar-refractivity contribution in [3.8, 4) is 0 Å². The molecule has 3 rings (SSSR count). The molecule has 0 aromatic heterocycles. The summed E-state index contributed by atoms with van der Waals surface area (Å²) < 4.78 is 5.82. The van der Waals surface area contributed by atoms with E-state index >= 15 is 0 Å². The standard InChI is InChI=1S/C18H25ClN2O2/c1-13-11-21(12-14(2)23-13)15-7-9-20(10-8-15)18(22)16-5-3-4-6-17(16)19/h3-6,13-15H,7-12H2,1-2H3/t13-,14-/m1/s1. The number of carbonyl (C=O) groups is 1. The summed E-state index contributed by atoms with van der Waals surface area (Å²) in [7, 11) is 0. The lowest BCUT2D eigenvalue weighted by molar-refractivity contribution is -0.0856. The minimum atomic E-state index is 0.0535. The average molecular weight is 337 g/mol. The number of benzene rings is 1. The summed E-state index contributed by atoms with van der Waals surface area (Å²) in [5.74, 6) is 0.0535. The molecule has 0 N–H and O–H groups in total. The quantitative estimate of drug-likeness (QED) is 0.832. The van der Waals surface area contributed by atoms with Crippen LogP contribution in [0.5, 0.6) is 0 Å². The number of ether oxygens (including phenoxy) is 1. The van der Waals surface area contributed by atoms with E-state index in [1.165, 1.54) is 0 Å². The summed E-state index contributed by atoms with van der Waals surface area (Å²) in [4.78, 5) is 17.1. The molecule has 0 saturated carbocycles. The number of halogens is 1. The molecule has 0 aliphatic carbocycles. The SMILES string of the molecule is C[C@@H]1CN(C2CCN(C(=O)c3ccccc3Cl)CC2)C[C@@H](C)O1. The van der Waals surface area contributed by atoms with E-state index in [1.54, 1.807) is 6.07 Å². The van der Waals surface area contributed by atoms with Gasteiger partial charge in [0, 0.05) is 32.2 Å².